The van der Waals surface area contributed by atoms with Crippen molar-refractivity contribution in [1.82, 2.24) is 9.88 Å². The van der Waals surface area contributed by atoms with E-state index in [1.54, 1.807) is 11.3 Å². The minimum Gasteiger partial charge on any atom is -0.493 e. The Balaban J connectivity index is 1.50. The Bertz CT molecular complexity index is 1140. The number of halogens is 3. The number of carbonyl (C=O) groups is 1. The molecule has 0 N–H and O–H groups in total. The van der Waals surface area contributed by atoms with Crippen LogP contribution in [0.5, 0.6) is 5.75 Å². The zero-order valence-corrected chi connectivity index (χ0v) is 20.2. The van der Waals surface area contributed by atoms with E-state index in [-0.39, 0.29) is 24.8 Å². The first-order valence-corrected chi connectivity index (χ1v) is 12.4. The first-order valence-electron chi connectivity index (χ1n) is 11.5. The Hall–Kier alpha value is -2.91. The second-order valence-electron chi connectivity index (χ2n) is 8.47. The monoisotopic (exact) mass is 504 g/mol. The number of hydrogen-bond acceptors (Lipinski definition) is 5. The molecular formula is C26H27F3N2O3S. The third kappa shape index (κ3) is 6.61. The van der Waals surface area contributed by atoms with Gasteiger partial charge in [0, 0.05) is 31.0 Å². The van der Waals surface area contributed by atoms with Crippen molar-refractivity contribution < 1.29 is 27.4 Å². The van der Waals surface area contributed by atoms with Crippen LogP contribution in [0, 0.1) is 6.92 Å². The number of ether oxygens (including phenoxy) is 2. The first kappa shape index (κ1) is 25.2. The summed E-state index contributed by atoms with van der Waals surface area (Å²) in [5.74, 6) is -0.0229. The van der Waals surface area contributed by atoms with Crippen LogP contribution >= 0.6 is 11.3 Å². The highest BCUT2D eigenvalue weighted by Gasteiger charge is 2.36. The van der Waals surface area contributed by atoms with Crippen LogP contribution in [0.15, 0.2) is 54.0 Å². The van der Waals surface area contributed by atoms with Crippen molar-refractivity contribution >= 4 is 17.2 Å². The maximum absolute atomic E-state index is 13.6. The summed E-state index contributed by atoms with van der Waals surface area (Å²) >= 11 is 1.59. The molecule has 3 aromatic rings. The fourth-order valence-electron chi connectivity index (χ4n) is 4.12. The van der Waals surface area contributed by atoms with Crippen molar-refractivity contribution in [3.8, 4) is 5.75 Å². The minimum atomic E-state index is -4.62. The fourth-order valence-corrected chi connectivity index (χ4v) is 4.88. The van der Waals surface area contributed by atoms with Crippen LogP contribution in [0.1, 0.15) is 44.9 Å². The van der Waals surface area contributed by atoms with Gasteiger partial charge in [0.1, 0.15) is 5.75 Å². The summed E-state index contributed by atoms with van der Waals surface area (Å²) in [6, 6.07) is 12.2. The van der Waals surface area contributed by atoms with E-state index in [0.717, 1.165) is 41.5 Å². The lowest BCUT2D eigenvalue weighted by Gasteiger charge is -2.27. The zero-order chi connectivity index (χ0) is 24.8. The molecule has 0 radical (unpaired) electrons. The van der Waals surface area contributed by atoms with Gasteiger partial charge >= 0.3 is 6.18 Å². The smallest absolute Gasteiger partial charge is 0.417 e. The lowest BCUT2D eigenvalue weighted by Crippen LogP contribution is -2.37. The molecule has 0 bridgehead atoms. The Kier molecular flexibility index (Phi) is 8.07. The van der Waals surface area contributed by atoms with Crippen LogP contribution in [0.3, 0.4) is 0 Å². The summed E-state index contributed by atoms with van der Waals surface area (Å²) in [6.07, 6.45) is -2.44. The summed E-state index contributed by atoms with van der Waals surface area (Å²) in [4.78, 5) is 20.2. The van der Waals surface area contributed by atoms with E-state index in [1.165, 1.54) is 23.1 Å². The van der Waals surface area contributed by atoms with Crippen molar-refractivity contribution in [2.24, 2.45) is 0 Å². The van der Waals surface area contributed by atoms with E-state index in [9.17, 15) is 18.0 Å². The molecule has 5 nitrogen and oxygen atoms in total. The van der Waals surface area contributed by atoms with Gasteiger partial charge in [-0.15, -0.1) is 11.3 Å². The van der Waals surface area contributed by atoms with E-state index in [1.807, 2.05) is 36.7 Å². The predicted octanol–water partition coefficient (Wildman–Crippen LogP) is 5.91. The molecule has 186 valence electrons. The molecule has 0 unspecified atom stereocenters. The van der Waals surface area contributed by atoms with E-state index >= 15 is 0 Å². The molecule has 1 aliphatic rings. The quantitative estimate of drug-likeness (QED) is 0.363. The lowest BCUT2D eigenvalue weighted by atomic mass is 10.0. The number of benzene rings is 2. The van der Waals surface area contributed by atoms with Gasteiger partial charge in [-0.1, -0.05) is 24.3 Å². The summed E-state index contributed by atoms with van der Waals surface area (Å²) < 4.78 is 52.3. The Labute approximate surface area is 206 Å². The predicted molar refractivity (Wildman–Crippen MR) is 128 cm³/mol. The van der Waals surface area contributed by atoms with E-state index in [0.29, 0.717) is 19.0 Å². The van der Waals surface area contributed by atoms with Crippen LogP contribution in [-0.4, -0.2) is 41.7 Å². The van der Waals surface area contributed by atoms with Gasteiger partial charge in [0.2, 0.25) is 0 Å². The van der Waals surface area contributed by atoms with Gasteiger partial charge in [-0.05, 0) is 49.6 Å². The maximum Gasteiger partial charge on any atom is 0.417 e. The van der Waals surface area contributed by atoms with E-state index < -0.39 is 17.6 Å². The van der Waals surface area contributed by atoms with Gasteiger partial charge in [-0.3, -0.25) is 4.79 Å². The van der Waals surface area contributed by atoms with Gasteiger partial charge in [0.05, 0.1) is 35.0 Å². The molecule has 0 spiro atoms. The van der Waals surface area contributed by atoms with Crippen LogP contribution in [0.25, 0.3) is 0 Å². The topological polar surface area (TPSA) is 51.7 Å². The average Bonchev–Trinajstić information content (AvgIpc) is 3.50. The minimum absolute atomic E-state index is 0.149. The summed E-state index contributed by atoms with van der Waals surface area (Å²) in [7, 11) is 0. The molecule has 1 saturated heterocycles. The molecule has 9 heteroatoms. The Morgan fingerprint density at radius 1 is 1.23 bits per heavy atom. The number of aryl methyl sites for hydroxylation is 1. The number of rotatable bonds is 9. The van der Waals surface area contributed by atoms with Crippen molar-refractivity contribution in [1.29, 1.82) is 0 Å². The average molecular weight is 505 g/mol. The number of carbonyl (C=O) groups excluding carboxylic acids is 1. The van der Waals surface area contributed by atoms with Crippen LogP contribution < -0.4 is 4.74 Å². The second-order valence-corrected chi connectivity index (χ2v) is 9.41. The van der Waals surface area contributed by atoms with Gasteiger partial charge in [-0.25, -0.2) is 4.98 Å². The number of hydrogen-bond donors (Lipinski definition) is 0. The van der Waals surface area contributed by atoms with Crippen LogP contribution in [0.4, 0.5) is 13.2 Å². The first-order chi connectivity index (χ1) is 16.8. The lowest BCUT2D eigenvalue weighted by molar-refractivity contribution is -0.138. The van der Waals surface area contributed by atoms with Crippen LogP contribution in [0.2, 0.25) is 0 Å². The zero-order valence-electron chi connectivity index (χ0n) is 19.4. The van der Waals surface area contributed by atoms with Crippen molar-refractivity contribution in [3.63, 3.8) is 0 Å². The van der Waals surface area contributed by atoms with Crippen molar-refractivity contribution in [2.45, 2.75) is 45.0 Å². The Morgan fingerprint density at radius 3 is 2.77 bits per heavy atom. The largest absolute Gasteiger partial charge is 0.493 e. The molecule has 2 aromatic carbocycles. The molecule has 1 atom stereocenters. The maximum atomic E-state index is 13.6. The molecule has 0 aliphatic carbocycles. The summed E-state index contributed by atoms with van der Waals surface area (Å²) in [5.41, 5.74) is 2.28. The Morgan fingerprint density at radius 2 is 2.06 bits per heavy atom. The number of nitrogens with zero attached hydrogens (tertiary/aromatic N) is 2. The molecule has 2 heterocycles. The molecule has 35 heavy (non-hydrogen) atoms. The molecular weight excluding hydrogens is 477 g/mol. The standard InChI is InChI=1S/C26H27F3N2O3S/c1-18-24(35-17-30-18)11-13-34-20-7-4-6-19(14-20)15-31(16-21-8-5-12-33-21)25(32)22-9-2-3-10-23(22)26(27,28)29/h2-4,6-7,9-10,14,17,21H,5,8,11-13,15-16H2,1H3/t21-/m1/s1. The number of thiazole rings is 1. The highest BCUT2D eigenvalue weighted by Crippen LogP contribution is 2.33. The van der Waals surface area contributed by atoms with Crippen LogP contribution in [-0.2, 0) is 23.9 Å². The third-order valence-electron chi connectivity index (χ3n) is 5.91. The van der Waals surface area contributed by atoms with Gasteiger partial charge in [0.15, 0.2) is 0 Å². The van der Waals surface area contributed by atoms with Crippen molar-refractivity contribution in [3.05, 3.63) is 81.3 Å². The van der Waals surface area contributed by atoms with E-state index in [4.69, 9.17) is 9.47 Å². The second kappa shape index (κ2) is 11.2. The summed E-state index contributed by atoms with van der Waals surface area (Å²) in [5, 5.41) is 0. The molecule has 0 saturated carbocycles. The molecule has 4 rings (SSSR count). The molecule has 1 fully saturated rings. The van der Waals surface area contributed by atoms with E-state index in [2.05, 4.69) is 4.98 Å². The van der Waals surface area contributed by atoms with Gasteiger partial charge in [-0.2, -0.15) is 13.2 Å². The molecule has 1 aromatic heterocycles. The number of aromatic nitrogens is 1. The number of alkyl halides is 3. The molecule has 1 aliphatic heterocycles. The number of amides is 1. The van der Waals surface area contributed by atoms with Gasteiger partial charge < -0.3 is 14.4 Å². The highest BCUT2D eigenvalue weighted by molar-refractivity contribution is 7.09. The van der Waals surface area contributed by atoms with Gasteiger partial charge in [0.25, 0.3) is 5.91 Å². The fraction of sp³-hybridized carbons (Fsp3) is 0.385. The normalized spacial score (nSPS) is 15.8. The third-order valence-corrected chi connectivity index (χ3v) is 6.91. The molecule has 1 amide bonds. The summed E-state index contributed by atoms with van der Waals surface area (Å²) in [6.45, 7) is 3.40. The highest BCUT2D eigenvalue weighted by atomic mass is 32.1. The SMILES string of the molecule is Cc1ncsc1CCOc1cccc(CN(C[C@H]2CCCO2)C(=O)c2ccccc2C(F)(F)F)c1. The van der Waals surface area contributed by atoms with Crippen molar-refractivity contribution in [2.75, 3.05) is 19.8 Å².